The molecule has 0 spiro atoms. The molecule has 0 unspecified atom stereocenters. The lowest BCUT2D eigenvalue weighted by Gasteiger charge is -2.12. The number of hydrogen-bond donors (Lipinski definition) is 2. The Morgan fingerprint density at radius 2 is 1.79 bits per heavy atom. The van der Waals surface area contributed by atoms with Gasteiger partial charge in [-0.1, -0.05) is 32.0 Å². The molecular formula is C22H23N3O2S. The Morgan fingerprint density at radius 1 is 1.11 bits per heavy atom. The second-order valence-electron chi connectivity index (χ2n) is 7.10. The molecule has 3 aromatic rings. The summed E-state index contributed by atoms with van der Waals surface area (Å²) in [6.07, 6.45) is 1.37. The molecule has 28 heavy (non-hydrogen) atoms. The van der Waals surface area contributed by atoms with Crippen LogP contribution in [0.2, 0.25) is 0 Å². The summed E-state index contributed by atoms with van der Waals surface area (Å²) in [5.74, 6) is 0.195. The molecule has 1 aromatic heterocycles. The summed E-state index contributed by atoms with van der Waals surface area (Å²) in [4.78, 5) is 19.3. The van der Waals surface area contributed by atoms with Crippen molar-refractivity contribution in [2.24, 2.45) is 4.99 Å². The minimum absolute atomic E-state index is 0.0553. The normalized spacial score (nSPS) is 11.5. The fourth-order valence-electron chi connectivity index (χ4n) is 2.84. The van der Waals surface area contributed by atoms with E-state index in [4.69, 9.17) is 12.2 Å². The number of aryl methyl sites for hydroxylation is 2. The molecular weight excluding hydrogens is 370 g/mol. The zero-order valence-electron chi connectivity index (χ0n) is 16.4. The summed E-state index contributed by atoms with van der Waals surface area (Å²) in [5, 5.41) is 10.7. The minimum atomic E-state index is -0.481. The van der Waals surface area contributed by atoms with Gasteiger partial charge in [-0.3, -0.25) is 19.3 Å². The molecule has 2 N–H and O–H groups in total. The van der Waals surface area contributed by atoms with Crippen LogP contribution in [0, 0.1) is 18.6 Å². The summed E-state index contributed by atoms with van der Waals surface area (Å²) in [6, 6.07) is 13.5. The quantitative estimate of drug-likeness (QED) is 0.479. The number of rotatable bonds is 4. The molecule has 0 aliphatic heterocycles. The van der Waals surface area contributed by atoms with Crippen LogP contribution in [0.15, 0.2) is 52.3 Å². The maximum Gasteiger partial charge on any atom is 0.264 e. The third-order valence-corrected chi connectivity index (χ3v) is 5.06. The van der Waals surface area contributed by atoms with Crippen molar-refractivity contribution in [3.8, 4) is 11.6 Å². The molecule has 0 saturated heterocycles. The number of hydrogen-bond acceptors (Lipinski definition) is 4. The smallest absolute Gasteiger partial charge is 0.264 e. The maximum absolute atomic E-state index is 12.3. The van der Waals surface area contributed by atoms with Crippen molar-refractivity contribution in [3.63, 3.8) is 0 Å². The zero-order valence-corrected chi connectivity index (χ0v) is 17.2. The first-order chi connectivity index (χ1) is 13.3. The third kappa shape index (κ3) is 3.97. The van der Waals surface area contributed by atoms with Crippen LogP contribution in [0.25, 0.3) is 5.69 Å². The van der Waals surface area contributed by atoms with Gasteiger partial charge < -0.3 is 5.11 Å². The van der Waals surface area contributed by atoms with E-state index in [2.05, 4.69) is 23.8 Å². The molecule has 144 valence electrons. The molecule has 0 amide bonds. The highest BCUT2D eigenvalue weighted by molar-refractivity contribution is 7.71. The Kier molecular flexibility index (Phi) is 5.61. The van der Waals surface area contributed by atoms with Crippen LogP contribution >= 0.6 is 12.2 Å². The largest absolute Gasteiger partial charge is 0.494 e. The summed E-state index contributed by atoms with van der Waals surface area (Å²) in [7, 11) is 0. The van der Waals surface area contributed by atoms with Gasteiger partial charge in [0.05, 0.1) is 11.4 Å². The van der Waals surface area contributed by atoms with Gasteiger partial charge in [-0.2, -0.15) is 0 Å². The van der Waals surface area contributed by atoms with Gasteiger partial charge in [0.25, 0.3) is 5.56 Å². The second kappa shape index (κ2) is 7.94. The Labute approximate surface area is 169 Å². The van der Waals surface area contributed by atoms with Crippen molar-refractivity contribution in [1.29, 1.82) is 0 Å². The average molecular weight is 394 g/mol. The summed E-state index contributed by atoms with van der Waals surface area (Å²) in [6.45, 7) is 8.23. The Bertz CT molecular complexity index is 1160. The zero-order chi connectivity index (χ0) is 20.4. The van der Waals surface area contributed by atoms with Crippen molar-refractivity contribution in [3.05, 3.63) is 79.8 Å². The number of aliphatic imine (C=N–C) groups is 1. The Morgan fingerprint density at radius 3 is 2.39 bits per heavy atom. The van der Waals surface area contributed by atoms with Crippen LogP contribution in [0.1, 0.15) is 42.0 Å². The van der Waals surface area contributed by atoms with Crippen molar-refractivity contribution >= 4 is 24.1 Å². The molecule has 1 heterocycles. The number of aromatic nitrogens is 2. The number of H-pyrrole nitrogens is 1. The van der Waals surface area contributed by atoms with Crippen LogP contribution in [0.3, 0.4) is 0 Å². The van der Waals surface area contributed by atoms with Gasteiger partial charge in [-0.15, -0.1) is 0 Å². The van der Waals surface area contributed by atoms with E-state index < -0.39 is 5.56 Å². The van der Waals surface area contributed by atoms with Crippen LogP contribution < -0.4 is 5.56 Å². The summed E-state index contributed by atoms with van der Waals surface area (Å²) >= 11 is 5.26. The molecule has 3 rings (SSSR count). The van der Waals surface area contributed by atoms with Crippen LogP contribution in [-0.4, -0.2) is 20.9 Å². The van der Waals surface area contributed by atoms with E-state index in [1.807, 2.05) is 56.3 Å². The fourth-order valence-corrected chi connectivity index (χ4v) is 3.13. The Balaban J connectivity index is 2.05. The highest BCUT2D eigenvalue weighted by Crippen LogP contribution is 2.22. The van der Waals surface area contributed by atoms with Crippen molar-refractivity contribution in [2.75, 3.05) is 0 Å². The van der Waals surface area contributed by atoms with Gasteiger partial charge in [0.2, 0.25) is 5.88 Å². The Hall–Kier alpha value is -2.99. The fraction of sp³-hybridized carbons (Fsp3) is 0.227. The number of benzene rings is 2. The van der Waals surface area contributed by atoms with Crippen LogP contribution in [-0.2, 0) is 0 Å². The molecule has 2 aromatic carbocycles. The van der Waals surface area contributed by atoms with Gasteiger partial charge in [-0.25, -0.2) is 0 Å². The predicted molar refractivity (Wildman–Crippen MR) is 116 cm³/mol. The average Bonchev–Trinajstić information content (AvgIpc) is 2.64. The third-order valence-electron chi connectivity index (χ3n) is 4.77. The first-order valence-corrected chi connectivity index (χ1v) is 9.48. The molecule has 0 aliphatic carbocycles. The van der Waals surface area contributed by atoms with E-state index in [9.17, 15) is 9.90 Å². The molecule has 0 radical (unpaired) electrons. The molecule has 0 bridgehead atoms. The number of aromatic hydroxyl groups is 1. The molecule has 0 saturated carbocycles. The standard InChI is InChI=1S/C22H23N3O2S/c1-13(2)16-6-8-17(9-7-16)23-12-19-20(26)24-22(28)25(21(19)27)18-10-5-14(3)15(4)11-18/h5-13,27H,1-4H3,(H,24,26,28). The van der Waals surface area contributed by atoms with E-state index in [1.54, 1.807) is 0 Å². The van der Waals surface area contributed by atoms with Crippen LogP contribution in [0.4, 0.5) is 5.69 Å². The maximum atomic E-state index is 12.3. The van der Waals surface area contributed by atoms with E-state index in [0.29, 0.717) is 17.3 Å². The molecule has 0 aliphatic rings. The number of aromatic amines is 1. The monoisotopic (exact) mass is 393 g/mol. The highest BCUT2D eigenvalue weighted by Gasteiger charge is 2.13. The first kappa shape index (κ1) is 19.8. The van der Waals surface area contributed by atoms with E-state index in [-0.39, 0.29) is 16.2 Å². The lowest BCUT2D eigenvalue weighted by atomic mass is 10.0. The summed E-state index contributed by atoms with van der Waals surface area (Å²) < 4.78 is 1.57. The van der Waals surface area contributed by atoms with Gasteiger partial charge in [0.1, 0.15) is 5.56 Å². The number of nitrogens with zero attached hydrogens (tertiary/aromatic N) is 2. The lowest BCUT2D eigenvalue weighted by molar-refractivity contribution is 0.432. The topological polar surface area (TPSA) is 70.4 Å². The van der Waals surface area contributed by atoms with E-state index in [0.717, 1.165) is 11.1 Å². The van der Waals surface area contributed by atoms with E-state index >= 15 is 0 Å². The number of nitrogens with one attached hydrogen (secondary N) is 1. The molecule has 0 atom stereocenters. The van der Waals surface area contributed by atoms with Gasteiger partial charge >= 0.3 is 0 Å². The predicted octanol–water partition coefficient (Wildman–Crippen LogP) is 5.09. The van der Waals surface area contributed by atoms with Crippen molar-refractivity contribution < 1.29 is 5.11 Å². The van der Waals surface area contributed by atoms with Crippen molar-refractivity contribution in [2.45, 2.75) is 33.6 Å². The summed E-state index contributed by atoms with van der Waals surface area (Å²) in [5.41, 5.74) is 4.35. The highest BCUT2D eigenvalue weighted by atomic mass is 32.1. The lowest BCUT2D eigenvalue weighted by Crippen LogP contribution is -2.18. The van der Waals surface area contributed by atoms with Crippen LogP contribution in [0.5, 0.6) is 5.88 Å². The molecule has 6 heteroatoms. The molecule has 0 fully saturated rings. The first-order valence-electron chi connectivity index (χ1n) is 9.08. The minimum Gasteiger partial charge on any atom is -0.494 e. The molecule has 5 nitrogen and oxygen atoms in total. The van der Waals surface area contributed by atoms with E-state index in [1.165, 1.54) is 16.3 Å². The SMILES string of the molecule is Cc1ccc(-n2c(O)c(C=Nc3ccc(C(C)C)cc3)c(=O)[nH]c2=S)cc1C. The van der Waals surface area contributed by atoms with Gasteiger partial charge in [0, 0.05) is 6.21 Å². The van der Waals surface area contributed by atoms with Crippen molar-refractivity contribution in [1.82, 2.24) is 9.55 Å². The second-order valence-corrected chi connectivity index (χ2v) is 7.49. The van der Waals surface area contributed by atoms with Gasteiger partial charge in [-0.05, 0) is 72.9 Å². The van der Waals surface area contributed by atoms with Gasteiger partial charge in [0.15, 0.2) is 4.77 Å².